The van der Waals surface area contributed by atoms with Crippen molar-refractivity contribution in [1.82, 2.24) is 4.98 Å². The lowest BCUT2D eigenvalue weighted by Gasteiger charge is -2.20. The highest BCUT2D eigenvalue weighted by Gasteiger charge is 2.19. The Morgan fingerprint density at radius 3 is 2.43 bits per heavy atom. The van der Waals surface area contributed by atoms with Crippen LogP contribution < -0.4 is 10.2 Å². The molecular formula is C23H23N3O2. The molecule has 2 amide bonds. The zero-order chi connectivity index (χ0) is 20.1. The first-order valence-electron chi connectivity index (χ1n) is 9.21. The van der Waals surface area contributed by atoms with E-state index in [0.717, 1.165) is 22.5 Å². The Labute approximate surface area is 165 Å². The molecule has 0 aliphatic rings. The summed E-state index contributed by atoms with van der Waals surface area (Å²) in [6.07, 6.45) is 1.49. The number of para-hydroxylation sites is 1. The summed E-state index contributed by atoms with van der Waals surface area (Å²) in [7, 11) is 0. The lowest BCUT2D eigenvalue weighted by molar-refractivity contribution is 0.0983. The van der Waals surface area contributed by atoms with Crippen LogP contribution in [0.1, 0.15) is 38.9 Å². The first kappa shape index (κ1) is 19.3. The predicted molar refractivity (Wildman–Crippen MR) is 112 cm³/mol. The second kappa shape index (κ2) is 8.48. The van der Waals surface area contributed by atoms with E-state index in [2.05, 4.69) is 10.3 Å². The van der Waals surface area contributed by atoms with Crippen molar-refractivity contribution in [2.45, 2.75) is 20.8 Å². The maximum Gasteiger partial charge on any atom is 0.276 e. The second-order valence-electron chi connectivity index (χ2n) is 6.59. The van der Waals surface area contributed by atoms with Gasteiger partial charge >= 0.3 is 0 Å². The van der Waals surface area contributed by atoms with Gasteiger partial charge in [-0.25, -0.2) is 0 Å². The summed E-state index contributed by atoms with van der Waals surface area (Å²) in [5.74, 6) is -0.513. The molecule has 0 radical (unpaired) electrons. The molecule has 0 spiro atoms. The number of aromatic nitrogens is 1. The number of aryl methyl sites for hydroxylation is 2. The first-order chi connectivity index (χ1) is 13.5. The zero-order valence-electron chi connectivity index (χ0n) is 16.3. The van der Waals surface area contributed by atoms with E-state index in [0.29, 0.717) is 12.1 Å². The zero-order valence-corrected chi connectivity index (χ0v) is 16.3. The minimum atomic E-state index is -0.272. The summed E-state index contributed by atoms with van der Waals surface area (Å²) in [5, 5.41) is 2.90. The fraction of sp³-hybridized carbons (Fsp3) is 0.174. The molecule has 3 rings (SSSR count). The molecule has 5 heteroatoms. The molecule has 2 aromatic carbocycles. The Hall–Kier alpha value is -3.47. The topological polar surface area (TPSA) is 62.3 Å². The Bertz CT molecular complexity index is 1000. The van der Waals surface area contributed by atoms with Gasteiger partial charge in [0.25, 0.3) is 11.8 Å². The summed E-state index contributed by atoms with van der Waals surface area (Å²) < 4.78 is 0. The van der Waals surface area contributed by atoms with Crippen LogP contribution in [0.4, 0.5) is 11.4 Å². The number of carbonyl (C=O) groups is 2. The molecule has 0 aliphatic carbocycles. The van der Waals surface area contributed by atoms with Crippen LogP contribution in [-0.2, 0) is 0 Å². The molecule has 142 valence electrons. The van der Waals surface area contributed by atoms with Gasteiger partial charge in [-0.3, -0.25) is 14.6 Å². The largest absolute Gasteiger partial charge is 0.322 e. The van der Waals surface area contributed by atoms with Crippen LogP contribution >= 0.6 is 0 Å². The highest BCUT2D eigenvalue weighted by atomic mass is 16.2. The van der Waals surface area contributed by atoms with E-state index in [1.165, 1.54) is 12.3 Å². The Kier molecular flexibility index (Phi) is 5.84. The lowest BCUT2D eigenvalue weighted by Crippen LogP contribution is -2.31. The quantitative estimate of drug-likeness (QED) is 0.710. The molecule has 3 aromatic rings. The van der Waals surface area contributed by atoms with Gasteiger partial charge in [-0.05, 0) is 56.7 Å². The molecule has 28 heavy (non-hydrogen) atoms. The Morgan fingerprint density at radius 1 is 1.00 bits per heavy atom. The number of anilines is 2. The number of benzene rings is 2. The fourth-order valence-electron chi connectivity index (χ4n) is 3.03. The molecule has 0 atom stereocenters. The maximum absolute atomic E-state index is 12.9. The van der Waals surface area contributed by atoms with Crippen molar-refractivity contribution in [3.05, 3.63) is 89.2 Å². The van der Waals surface area contributed by atoms with Gasteiger partial charge in [-0.1, -0.05) is 35.9 Å². The van der Waals surface area contributed by atoms with E-state index in [1.54, 1.807) is 11.0 Å². The van der Waals surface area contributed by atoms with Crippen LogP contribution in [0, 0.1) is 13.8 Å². The molecule has 0 bridgehead atoms. The van der Waals surface area contributed by atoms with Crippen molar-refractivity contribution >= 4 is 23.2 Å². The molecule has 1 N–H and O–H groups in total. The van der Waals surface area contributed by atoms with E-state index < -0.39 is 0 Å². The number of hydrogen-bond donors (Lipinski definition) is 1. The van der Waals surface area contributed by atoms with Crippen LogP contribution in [0.15, 0.2) is 66.9 Å². The van der Waals surface area contributed by atoms with Gasteiger partial charge in [-0.2, -0.15) is 0 Å². The van der Waals surface area contributed by atoms with Gasteiger partial charge in [-0.15, -0.1) is 0 Å². The van der Waals surface area contributed by atoms with Gasteiger partial charge in [0.15, 0.2) is 0 Å². The van der Waals surface area contributed by atoms with E-state index in [4.69, 9.17) is 0 Å². The van der Waals surface area contributed by atoms with Crippen LogP contribution in [0.25, 0.3) is 0 Å². The Balaban J connectivity index is 1.83. The molecule has 0 saturated carbocycles. The SMILES string of the molecule is CCN(C(=O)c1cc(C(=O)Nc2ccc(C)cc2C)ccn1)c1ccccc1. The number of carbonyl (C=O) groups excluding carboxylic acids is 2. The summed E-state index contributed by atoms with van der Waals surface area (Å²) in [4.78, 5) is 31.4. The standard InChI is InChI=1S/C23H23N3O2/c1-4-26(19-8-6-5-7-9-19)23(28)21-15-18(12-13-24-21)22(27)25-20-11-10-16(2)14-17(20)3/h5-15H,4H2,1-3H3,(H,25,27). The predicted octanol–water partition coefficient (Wildman–Crippen LogP) is 4.62. The van der Waals surface area contributed by atoms with Gasteiger partial charge < -0.3 is 10.2 Å². The summed E-state index contributed by atoms with van der Waals surface area (Å²) in [6, 6.07) is 18.4. The van der Waals surface area contributed by atoms with E-state index in [9.17, 15) is 9.59 Å². The summed E-state index contributed by atoms with van der Waals surface area (Å²) >= 11 is 0. The van der Waals surface area contributed by atoms with E-state index in [-0.39, 0.29) is 17.5 Å². The third kappa shape index (κ3) is 4.26. The van der Waals surface area contributed by atoms with Crippen LogP contribution in [0.3, 0.4) is 0 Å². The normalized spacial score (nSPS) is 10.4. The molecule has 0 unspecified atom stereocenters. The molecular weight excluding hydrogens is 350 g/mol. The number of nitrogens with zero attached hydrogens (tertiary/aromatic N) is 2. The van der Waals surface area contributed by atoms with Crippen molar-refractivity contribution in [3.63, 3.8) is 0 Å². The minimum absolute atomic E-state index is 0.235. The van der Waals surface area contributed by atoms with Crippen LogP contribution in [0.2, 0.25) is 0 Å². The summed E-state index contributed by atoms with van der Waals surface area (Å²) in [5.41, 5.74) is 4.29. The average molecular weight is 373 g/mol. The minimum Gasteiger partial charge on any atom is -0.322 e. The van der Waals surface area contributed by atoms with Crippen molar-refractivity contribution in [3.8, 4) is 0 Å². The van der Waals surface area contributed by atoms with Crippen LogP contribution in [-0.4, -0.2) is 23.3 Å². The van der Waals surface area contributed by atoms with E-state index >= 15 is 0 Å². The molecule has 0 saturated heterocycles. The average Bonchev–Trinajstić information content (AvgIpc) is 2.71. The second-order valence-corrected chi connectivity index (χ2v) is 6.59. The van der Waals surface area contributed by atoms with Gasteiger partial charge in [0.1, 0.15) is 5.69 Å². The van der Waals surface area contributed by atoms with Crippen molar-refractivity contribution < 1.29 is 9.59 Å². The van der Waals surface area contributed by atoms with E-state index in [1.807, 2.05) is 69.3 Å². The van der Waals surface area contributed by atoms with Gasteiger partial charge in [0.2, 0.25) is 0 Å². The van der Waals surface area contributed by atoms with Crippen molar-refractivity contribution in [2.75, 3.05) is 16.8 Å². The molecule has 0 aliphatic heterocycles. The number of rotatable bonds is 5. The highest BCUT2D eigenvalue weighted by Crippen LogP contribution is 2.19. The maximum atomic E-state index is 12.9. The highest BCUT2D eigenvalue weighted by molar-refractivity contribution is 6.08. The monoisotopic (exact) mass is 373 g/mol. The fourth-order valence-corrected chi connectivity index (χ4v) is 3.03. The van der Waals surface area contributed by atoms with Crippen molar-refractivity contribution in [1.29, 1.82) is 0 Å². The smallest absolute Gasteiger partial charge is 0.276 e. The number of hydrogen-bond acceptors (Lipinski definition) is 3. The molecule has 1 aromatic heterocycles. The van der Waals surface area contributed by atoms with Crippen LogP contribution in [0.5, 0.6) is 0 Å². The Morgan fingerprint density at radius 2 is 1.75 bits per heavy atom. The van der Waals surface area contributed by atoms with Gasteiger partial charge in [0, 0.05) is 29.7 Å². The number of nitrogens with one attached hydrogen (secondary N) is 1. The molecule has 0 fully saturated rings. The molecule has 5 nitrogen and oxygen atoms in total. The number of pyridine rings is 1. The molecule has 1 heterocycles. The summed E-state index contributed by atoms with van der Waals surface area (Å²) in [6.45, 7) is 6.36. The number of amides is 2. The third-order valence-corrected chi connectivity index (χ3v) is 4.50. The lowest BCUT2D eigenvalue weighted by atomic mass is 10.1. The van der Waals surface area contributed by atoms with Crippen molar-refractivity contribution in [2.24, 2.45) is 0 Å². The first-order valence-corrected chi connectivity index (χ1v) is 9.21. The third-order valence-electron chi connectivity index (χ3n) is 4.50. The van der Waals surface area contributed by atoms with Gasteiger partial charge in [0.05, 0.1) is 0 Å².